The molecule has 0 aliphatic heterocycles. The van der Waals surface area contributed by atoms with Gasteiger partial charge in [0.2, 0.25) is 0 Å². The van der Waals surface area contributed by atoms with Crippen molar-refractivity contribution >= 4 is 12.6 Å². The second kappa shape index (κ2) is 7.94. The third kappa shape index (κ3) is 4.54. The van der Waals surface area contributed by atoms with Gasteiger partial charge in [0, 0.05) is 18.6 Å². The standard InChI is InChI=1S/C11H17BO6/c1-15-8-17-5-6-18-11-7-9(16-2)3-4-10(11)12(13)14/h3-4,7,13-14H,5-6,8H2,1-2H3. The van der Waals surface area contributed by atoms with Gasteiger partial charge in [-0.15, -0.1) is 0 Å². The Bertz CT molecular complexity index is 357. The molecule has 0 fully saturated rings. The summed E-state index contributed by atoms with van der Waals surface area (Å²) >= 11 is 0. The summed E-state index contributed by atoms with van der Waals surface area (Å²) in [5, 5.41) is 18.4. The molecule has 1 aromatic rings. The Labute approximate surface area is 106 Å². The molecule has 1 rings (SSSR count). The zero-order chi connectivity index (χ0) is 13.4. The normalized spacial score (nSPS) is 10.2. The maximum absolute atomic E-state index is 9.19. The predicted molar refractivity (Wildman–Crippen MR) is 66.1 cm³/mol. The number of benzene rings is 1. The van der Waals surface area contributed by atoms with Gasteiger partial charge in [-0.3, -0.25) is 0 Å². The van der Waals surface area contributed by atoms with Crippen LogP contribution < -0.4 is 14.9 Å². The van der Waals surface area contributed by atoms with E-state index in [-0.39, 0.29) is 18.9 Å². The number of ether oxygens (including phenoxy) is 4. The van der Waals surface area contributed by atoms with E-state index >= 15 is 0 Å². The molecule has 0 radical (unpaired) electrons. The zero-order valence-electron chi connectivity index (χ0n) is 10.5. The fourth-order valence-corrected chi connectivity index (χ4v) is 1.33. The minimum absolute atomic E-state index is 0.191. The summed E-state index contributed by atoms with van der Waals surface area (Å²) in [5.41, 5.74) is 0.280. The van der Waals surface area contributed by atoms with Crippen LogP contribution in [-0.4, -0.2) is 51.4 Å². The first-order valence-electron chi connectivity index (χ1n) is 5.42. The van der Waals surface area contributed by atoms with Crippen molar-refractivity contribution in [2.75, 3.05) is 34.2 Å². The third-order valence-corrected chi connectivity index (χ3v) is 2.19. The van der Waals surface area contributed by atoms with Crippen molar-refractivity contribution in [3.05, 3.63) is 18.2 Å². The first-order chi connectivity index (χ1) is 8.69. The summed E-state index contributed by atoms with van der Waals surface area (Å²) in [4.78, 5) is 0. The van der Waals surface area contributed by atoms with E-state index in [9.17, 15) is 10.0 Å². The highest BCUT2D eigenvalue weighted by molar-refractivity contribution is 6.59. The van der Waals surface area contributed by atoms with Crippen LogP contribution in [0, 0.1) is 0 Å². The van der Waals surface area contributed by atoms with Crippen LogP contribution >= 0.6 is 0 Å². The van der Waals surface area contributed by atoms with Crippen LogP contribution in [0.3, 0.4) is 0 Å². The smallest absolute Gasteiger partial charge is 0.492 e. The predicted octanol–water partition coefficient (Wildman–Crippen LogP) is -0.626. The molecule has 0 aromatic heterocycles. The molecule has 0 amide bonds. The number of hydrogen-bond donors (Lipinski definition) is 2. The first kappa shape index (κ1) is 14.8. The molecule has 0 heterocycles. The van der Waals surface area contributed by atoms with Crippen LogP contribution in [0.5, 0.6) is 11.5 Å². The molecule has 2 N–H and O–H groups in total. The highest BCUT2D eigenvalue weighted by Crippen LogP contribution is 2.17. The van der Waals surface area contributed by atoms with Gasteiger partial charge in [-0.25, -0.2) is 0 Å². The molecule has 1 aromatic carbocycles. The quantitative estimate of drug-likeness (QED) is 0.366. The Morgan fingerprint density at radius 2 is 1.94 bits per heavy atom. The lowest BCUT2D eigenvalue weighted by Gasteiger charge is -2.12. The van der Waals surface area contributed by atoms with Gasteiger partial charge < -0.3 is 29.0 Å². The van der Waals surface area contributed by atoms with Gasteiger partial charge in [-0.2, -0.15) is 0 Å². The molecule has 0 bridgehead atoms. The highest BCUT2D eigenvalue weighted by atomic mass is 16.7. The minimum Gasteiger partial charge on any atom is -0.497 e. The first-order valence-corrected chi connectivity index (χ1v) is 5.42. The molecule has 0 saturated heterocycles. The van der Waals surface area contributed by atoms with E-state index < -0.39 is 7.12 Å². The Morgan fingerprint density at radius 3 is 2.56 bits per heavy atom. The number of hydrogen-bond acceptors (Lipinski definition) is 6. The van der Waals surface area contributed by atoms with E-state index in [4.69, 9.17) is 18.9 Å². The van der Waals surface area contributed by atoms with Gasteiger partial charge in [0.05, 0.1) is 13.7 Å². The second-order valence-corrected chi connectivity index (χ2v) is 3.44. The van der Waals surface area contributed by atoms with E-state index in [1.54, 1.807) is 12.1 Å². The molecule has 0 aliphatic rings. The van der Waals surface area contributed by atoms with Gasteiger partial charge in [-0.1, -0.05) is 6.07 Å². The van der Waals surface area contributed by atoms with Crippen LogP contribution in [0.4, 0.5) is 0 Å². The fraction of sp³-hybridized carbons (Fsp3) is 0.455. The monoisotopic (exact) mass is 256 g/mol. The summed E-state index contributed by atoms with van der Waals surface area (Å²) in [5.74, 6) is 0.928. The largest absolute Gasteiger partial charge is 0.497 e. The molecule has 0 spiro atoms. The van der Waals surface area contributed by atoms with Crippen LogP contribution in [-0.2, 0) is 9.47 Å². The molecular formula is C11H17BO6. The van der Waals surface area contributed by atoms with Crippen molar-refractivity contribution in [3.8, 4) is 11.5 Å². The maximum atomic E-state index is 9.19. The van der Waals surface area contributed by atoms with Gasteiger partial charge in [-0.05, 0) is 6.07 Å². The van der Waals surface area contributed by atoms with E-state index in [1.165, 1.54) is 20.3 Å². The highest BCUT2D eigenvalue weighted by Gasteiger charge is 2.17. The molecule has 100 valence electrons. The third-order valence-electron chi connectivity index (χ3n) is 2.19. The molecule has 0 saturated carbocycles. The zero-order valence-corrected chi connectivity index (χ0v) is 10.5. The minimum atomic E-state index is -1.59. The SMILES string of the molecule is COCOCCOc1cc(OC)ccc1B(O)O. The van der Waals surface area contributed by atoms with Gasteiger partial charge in [0.15, 0.2) is 0 Å². The Kier molecular flexibility index (Phi) is 6.52. The van der Waals surface area contributed by atoms with Crippen LogP contribution in [0.1, 0.15) is 0 Å². The average Bonchev–Trinajstić information content (AvgIpc) is 2.38. The Balaban J connectivity index is 2.60. The topological polar surface area (TPSA) is 77.4 Å². The van der Waals surface area contributed by atoms with Gasteiger partial charge in [0.25, 0.3) is 0 Å². The molecule has 0 aliphatic carbocycles. The lowest BCUT2D eigenvalue weighted by Crippen LogP contribution is -2.31. The van der Waals surface area contributed by atoms with Crippen molar-refractivity contribution in [2.45, 2.75) is 0 Å². The molecule has 18 heavy (non-hydrogen) atoms. The lowest BCUT2D eigenvalue weighted by molar-refractivity contribution is -0.0387. The summed E-state index contributed by atoms with van der Waals surface area (Å²) in [6.45, 7) is 0.805. The summed E-state index contributed by atoms with van der Waals surface area (Å²) < 4.78 is 20.2. The summed E-state index contributed by atoms with van der Waals surface area (Å²) in [6, 6.07) is 4.75. The van der Waals surface area contributed by atoms with Gasteiger partial charge >= 0.3 is 7.12 Å². The van der Waals surface area contributed by atoms with Gasteiger partial charge in [0.1, 0.15) is 24.9 Å². The second-order valence-electron chi connectivity index (χ2n) is 3.44. The summed E-state index contributed by atoms with van der Waals surface area (Å²) in [6.07, 6.45) is 0. The number of methoxy groups -OCH3 is 2. The van der Waals surface area contributed by atoms with Crippen molar-refractivity contribution < 1.29 is 29.0 Å². The van der Waals surface area contributed by atoms with Crippen LogP contribution in [0.25, 0.3) is 0 Å². The Hall–Kier alpha value is -1.28. The van der Waals surface area contributed by atoms with E-state index in [1.807, 2.05) is 0 Å². The van der Waals surface area contributed by atoms with E-state index in [0.29, 0.717) is 18.1 Å². The number of rotatable bonds is 8. The lowest BCUT2D eigenvalue weighted by atomic mass is 9.79. The van der Waals surface area contributed by atoms with Crippen molar-refractivity contribution in [1.82, 2.24) is 0 Å². The van der Waals surface area contributed by atoms with E-state index in [2.05, 4.69) is 0 Å². The van der Waals surface area contributed by atoms with Crippen molar-refractivity contribution in [1.29, 1.82) is 0 Å². The molecule has 0 unspecified atom stereocenters. The molecule has 7 heteroatoms. The van der Waals surface area contributed by atoms with Crippen molar-refractivity contribution in [2.24, 2.45) is 0 Å². The van der Waals surface area contributed by atoms with Crippen LogP contribution in [0.2, 0.25) is 0 Å². The molecule has 0 atom stereocenters. The van der Waals surface area contributed by atoms with Crippen molar-refractivity contribution in [3.63, 3.8) is 0 Å². The average molecular weight is 256 g/mol. The van der Waals surface area contributed by atoms with E-state index in [0.717, 1.165) is 0 Å². The molecule has 6 nitrogen and oxygen atoms in total. The molecular weight excluding hydrogens is 239 g/mol. The fourth-order valence-electron chi connectivity index (χ4n) is 1.33. The Morgan fingerprint density at radius 1 is 1.17 bits per heavy atom. The summed E-state index contributed by atoms with van der Waals surface area (Å²) in [7, 11) is 1.46. The van der Waals surface area contributed by atoms with Crippen LogP contribution in [0.15, 0.2) is 18.2 Å². The maximum Gasteiger partial charge on any atom is 0.492 e.